The molecule has 154 valence electrons. The Morgan fingerprint density at radius 2 is 1.83 bits per heavy atom. The molecule has 0 fully saturated rings. The Bertz CT molecular complexity index is 925. The van der Waals surface area contributed by atoms with Crippen molar-refractivity contribution >= 4 is 11.3 Å². The van der Waals surface area contributed by atoms with E-state index in [4.69, 9.17) is 19.2 Å². The van der Waals surface area contributed by atoms with E-state index in [-0.39, 0.29) is 0 Å². The van der Waals surface area contributed by atoms with Gasteiger partial charge in [-0.05, 0) is 62.6 Å². The maximum atomic E-state index is 10.5. The SMILES string of the molecule is CCOc1ccc(-c2nc(CCC(O)c3cccc(OC)c3)cs2)cc1OCC. The topological polar surface area (TPSA) is 60.8 Å². The second-order valence-electron chi connectivity index (χ2n) is 6.50. The highest BCUT2D eigenvalue weighted by atomic mass is 32.1. The number of ether oxygens (including phenoxy) is 3. The lowest BCUT2D eigenvalue weighted by Gasteiger charge is -2.12. The van der Waals surface area contributed by atoms with Crippen LogP contribution in [0, 0.1) is 0 Å². The highest BCUT2D eigenvalue weighted by molar-refractivity contribution is 7.13. The third-order valence-corrected chi connectivity index (χ3v) is 5.43. The standard InChI is InChI=1S/C23H27NO4S/c1-4-27-21-12-9-17(14-22(21)28-5-2)23-24-18(15-29-23)10-11-20(25)16-7-6-8-19(13-16)26-3/h6-9,12-15,20,25H,4-5,10-11H2,1-3H3. The molecular formula is C23H27NO4S. The van der Waals surface area contributed by atoms with Crippen LogP contribution < -0.4 is 14.2 Å². The molecule has 1 atom stereocenters. The number of benzene rings is 2. The van der Waals surface area contributed by atoms with Gasteiger partial charge in [0.15, 0.2) is 11.5 Å². The van der Waals surface area contributed by atoms with E-state index in [1.54, 1.807) is 18.4 Å². The Hall–Kier alpha value is -2.57. The van der Waals surface area contributed by atoms with E-state index < -0.39 is 6.10 Å². The molecule has 6 heteroatoms. The lowest BCUT2D eigenvalue weighted by molar-refractivity contribution is 0.167. The van der Waals surface area contributed by atoms with Gasteiger partial charge in [0.2, 0.25) is 0 Å². The van der Waals surface area contributed by atoms with E-state index in [2.05, 4.69) is 0 Å². The van der Waals surface area contributed by atoms with E-state index in [9.17, 15) is 5.11 Å². The molecule has 1 N–H and O–H groups in total. The Kier molecular flexibility index (Phi) is 7.49. The van der Waals surface area contributed by atoms with Crippen molar-refractivity contribution < 1.29 is 19.3 Å². The highest BCUT2D eigenvalue weighted by Crippen LogP contribution is 2.34. The molecule has 0 amide bonds. The van der Waals surface area contributed by atoms with Gasteiger partial charge in [0.25, 0.3) is 0 Å². The van der Waals surface area contributed by atoms with E-state index in [0.717, 1.165) is 39.1 Å². The monoisotopic (exact) mass is 413 g/mol. The molecule has 5 nitrogen and oxygen atoms in total. The molecule has 0 aliphatic carbocycles. The van der Waals surface area contributed by atoms with Crippen molar-refractivity contribution in [3.8, 4) is 27.8 Å². The van der Waals surface area contributed by atoms with Crippen LogP contribution in [0.3, 0.4) is 0 Å². The van der Waals surface area contributed by atoms with Crippen LogP contribution in [0.5, 0.6) is 17.2 Å². The molecular weight excluding hydrogens is 386 g/mol. The number of rotatable bonds is 10. The summed E-state index contributed by atoms with van der Waals surface area (Å²) >= 11 is 1.59. The minimum atomic E-state index is -0.551. The minimum Gasteiger partial charge on any atom is -0.497 e. The van der Waals surface area contributed by atoms with Crippen LogP contribution in [0.1, 0.15) is 37.6 Å². The van der Waals surface area contributed by atoms with Crippen LogP contribution in [0.15, 0.2) is 47.8 Å². The Morgan fingerprint density at radius 3 is 2.59 bits per heavy atom. The second-order valence-corrected chi connectivity index (χ2v) is 7.36. The summed E-state index contributed by atoms with van der Waals surface area (Å²) in [6.07, 6.45) is 0.749. The van der Waals surface area contributed by atoms with E-state index in [0.29, 0.717) is 26.1 Å². The van der Waals surface area contributed by atoms with E-state index in [1.807, 2.05) is 61.7 Å². The molecule has 0 saturated carbocycles. The maximum absolute atomic E-state index is 10.5. The number of thiazole rings is 1. The smallest absolute Gasteiger partial charge is 0.161 e. The van der Waals surface area contributed by atoms with Gasteiger partial charge in [0, 0.05) is 10.9 Å². The molecule has 3 aromatic rings. The number of aromatic nitrogens is 1. The molecule has 0 bridgehead atoms. The number of hydrogen-bond donors (Lipinski definition) is 1. The molecule has 0 spiro atoms. The molecule has 0 aliphatic rings. The molecule has 2 aromatic carbocycles. The Labute approximate surface area is 175 Å². The predicted molar refractivity (Wildman–Crippen MR) is 116 cm³/mol. The van der Waals surface area contributed by atoms with Crippen molar-refractivity contribution in [1.29, 1.82) is 0 Å². The first kappa shape index (κ1) is 21.1. The molecule has 0 aliphatic heterocycles. The summed E-state index contributed by atoms with van der Waals surface area (Å²) in [5.41, 5.74) is 2.83. The predicted octanol–water partition coefficient (Wildman–Crippen LogP) is 5.28. The summed E-state index contributed by atoms with van der Waals surface area (Å²) in [6.45, 7) is 5.08. The number of nitrogens with zero attached hydrogens (tertiary/aromatic N) is 1. The van der Waals surface area contributed by atoms with Gasteiger partial charge in [-0.2, -0.15) is 0 Å². The molecule has 0 saturated heterocycles. The van der Waals surface area contributed by atoms with E-state index in [1.165, 1.54) is 0 Å². The first-order valence-electron chi connectivity index (χ1n) is 9.81. The summed E-state index contributed by atoms with van der Waals surface area (Å²) in [5.74, 6) is 2.23. The molecule has 1 aromatic heterocycles. The third-order valence-electron chi connectivity index (χ3n) is 4.49. The Morgan fingerprint density at radius 1 is 1.03 bits per heavy atom. The summed E-state index contributed by atoms with van der Waals surface area (Å²) in [7, 11) is 1.63. The van der Waals surface area contributed by atoms with Crippen LogP contribution in [-0.4, -0.2) is 30.4 Å². The summed E-state index contributed by atoms with van der Waals surface area (Å²) in [6, 6.07) is 13.4. The number of aliphatic hydroxyl groups excluding tert-OH is 1. The molecule has 3 rings (SSSR count). The van der Waals surface area contributed by atoms with Crippen molar-refractivity contribution in [1.82, 2.24) is 4.98 Å². The summed E-state index contributed by atoms with van der Waals surface area (Å²) in [4.78, 5) is 4.74. The number of methoxy groups -OCH3 is 1. The van der Waals surface area contributed by atoms with Crippen LogP contribution in [-0.2, 0) is 6.42 Å². The van der Waals surface area contributed by atoms with Gasteiger partial charge >= 0.3 is 0 Å². The highest BCUT2D eigenvalue weighted by Gasteiger charge is 2.13. The van der Waals surface area contributed by atoms with Crippen molar-refractivity contribution in [2.24, 2.45) is 0 Å². The lowest BCUT2D eigenvalue weighted by atomic mass is 10.0. The first-order chi connectivity index (χ1) is 14.1. The summed E-state index contributed by atoms with van der Waals surface area (Å²) < 4.78 is 16.6. The van der Waals surface area contributed by atoms with Gasteiger partial charge in [-0.1, -0.05) is 12.1 Å². The van der Waals surface area contributed by atoms with Crippen LogP contribution >= 0.6 is 11.3 Å². The largest absolute Gasteiger partial charge is 0.497 e. The maximum Gasteiger partial charge on any atom is 0.161 e. The van der Waals surface area contributed by atoms with E-state index >= 15 is 0 Å². The van der Waals surface area contributed by atoms with Crippen molar-refractivity contribution in [3.05, 3.63) is 59.1 Å². The van der Waals surface area contributed by atoms with Crippen molar-refractivity contribution in [2.45, 2.75) is 32.8 Å². The van der Waals surface area contributed by atoms with Gasteiger partial charge in [0.05, 0.1) is 32.1 Å². The van der Waals surface area contributed by atoms with Crippen LogP contribution in [0.4, 0.5) is 0 Å². The summed E-state index contributed by atoms with van der Waals surface area (Å²) in [5, 5.41) is 13.5. The van der Waals surface area contributed by atoms with Crippen molar-refractivity contribution in [3.63, 3.8) is 0 Å². The van der Waals surface area contributed by atoms with Gasteiger partial charge in [-0.3, -0.25) is 0 Å². The zero-order valence-corrected chi connectivity index (χ0v) is 17.9. The second kappa shape index (κ2) is 10.3. The lowest BCUT2D eigenvalue weighted by Crippen LogP contribution is -2.00. The fourth-order valence-electron chi connectivity index (χ4n) is 3.04. The fourth-order valence-corrected chi connectivity index (χ4v) is 3.89. The van der Waals surface area contributed by atoms with Gasteiger partial charge in [-0.25, -0.2) is 4.98 Å². The average molecular weight is 414 g/mol. The third kappa shape index (κ3) is 5.49. The number of aryl methyl sites for hydroxylation is 1. The molecule has 0 radical (unpaired) electrons. The Balaban J connectivity index is 1.68. The average Bonchev–Trinajstić information content (AvgIpc) is 3.22. The first-order valence-corrected chi connectivity index (χ1v) is 10.7. The normalized spacial score (nSPS) is 11.9. The quantitative estimate of drug-likeness (QED) is 0.490. The van der Waals surface area contributed by atoms with Gasteiger partial charge in [0.1, 0.15) is 10.8 Å². The molecule has 1 heterocycles. The number of hydrogen-bond acceptors (Lipinski definition) is 6. The molecule has 29 heavy (non-hydrogen) atoms. The van der Waals surface area contributed by atoms with Gasteiger partial charge in [-0.15, -0.1) is 11.3 Å². The van der Waals surface area contributed by atoms with Crippen LogP contribution in [0.25, 0.3) is 10.6 Å². The fraction of sp³-hybridized carbons (Fsp3) is 0.348. The van der Waals surface area contributed by atoms with Crippen molar-refractivity contribution in [2.75, 3.05) is 20.3 Å². The molecule has 1 unspecified atom stereocenters. The zero-order chi connectivity index (χ0) is 20.6. The minimum absolute atomic E-state index is 0.551. The number of aliphatic hydroxyl groups is 1. The van der Waals surface area contributed by atoms with Crippen LogP contribution in [0.2, 0.25) is 0 Å². The van der Waals surface area contributed by atoms with Gasteiger partial charge < -0.3 is 19.3 Å². The zero-order valence-electron chi connectivity index (χ0n) is 17.1.